The highest BCUT2D eigenvalue weighted by atomic mass is 32.2. The molecule has 120 valence electrons. The molecule has 0 saturated heterocycles. The Morgan fingerprint density at radius 3 is 2.33 bits per heavy atom. The Bertz CT molecular complexity index is 544. The second-order valence-corrected chi connectivity index (χ2v) is 6.14. The standard InChI is InChI=1S/C14H23NO5S/c1-5-19-13-8-7-12(9-14(13)20-6-2)21(16,17)15-10-11(3)18-4/h7-9,11,15H,5-6,10H2,1-4H3. The van der Waals surface area contributed by atoms with Gasteiger partial charge in [-0.15, -0.1) is 0 Å². The van der Waals surface area contributed by atoms with Gasteiger partial charge in [0, 0.05) is 19.7 Å². The van der Waals surface area contributed by atoms with E-state index in [4.69, 9.17) is 14.2 Å². The van der Waals surface area contributed by atoms with Gasteiger partial charge in [-0.1, -0.05) is 0 Å². The van der Waals surface area contributed by atoms with Gasteiger partial charge in [0.2, 0.25) is 10.0 Å². The number of hydrogen-bond donors (Lipinski definition) is 1. The molecule has 21 heavy (non-hydrogen) atoms. The molecule has 1 unspecified atom stereocenters. The van der Waals surface area contributed by atoms with E-state index in [1.807, 2.05) is 13.8 Å². The first-order chi connectivity index (χ1) is 9.94. The number of benzene rings is 1. The summed E-state index contributed by atoms with van der Waals surface area (Å²) >= 11 is 0. The Balaban J connectivity index is 2.98. The zero-order chi connectivity index (χ0) is 15.9. The van der Waals surface area contributed by atoms with Crippen LogP contribution in [0.5, 0.6) is 11.5 Å². The van der Waals surface area contributed by atoms with Gasteiger partial charge < -0.3 is 14.2 Å². The van der Waals surface area contributed by atoms with Crippen LogP contribution in [0.25, 0.3) is 0 Å². The summed E-state index contributed by atoms with van der Waals surface area (Å²) in [7, 11) is -2.07. The van der Waals surface area contributed by atoms with Crippen LogP contribution in [0.2, 0.25) is 0 Å². The third-order valence-electron chi connectivity index (χ3n) is 2.79. The molecule has 0 aliphatic heterocycles. The number of rotatable bonds is 9. The van der Waals surface area contributed by atoms with Crippen LogP contribution in [-0.4, -0.2) is 41.4 Å². The van der Waals surface area contributed by atoms with E-state index in [0.717, 1.165) is 0 Å². The summed E-state index contributed by atoms with van der Waals surface area (Å²) in [5.74, 6) is 0.950. The lowest BCUT2D eigenvalue weighted by Gasteiger charge is -2.14. The third kappa shape index (κ3) is 5.18. The van der Waals surface area contributed by atoms with Gasteiger partial charge in [0.25, 0.3) is 0 Å². The number of methoxy groups -OCH3 is 1. The first-order valence-electron chi connectivity index (χ1n) is 6.86. The monoisotopic (exact) mass is 317 g/mol. The first-order valence-corrected chi connectivity index (χ1v) is 8.35. The van der Waals surface area contributed by atoms with Gasteiger partial charge in [0.05, 0.1) is 24.2 Å². The van der Waals surface area contributed by atoms with Crippen molar-refractivity contribution in [3.05, 3.63) is 18.2 Å². The Kier molecular flexibility index (Phi) is 6.94. The van der Waals surface area contributed by atoms with Crippen molar-refractivity contribution in [1.29, 1.82) is 0 Å². The van der Waals surface area contributed by atoms with Crippen molar-refractivity contribution in [2.24, 2.45) is 0 Å². The summed E-state index contributed by atoms with van der Waals surface area (Å²) in [6.07, 6.45) is -0.200. The molecule has 0 aliphatic carbocycles. The summed E-state index contributed by atoms with van der Waals surface area (Å²) in [4.78, 5) is 0.137. The zero-order valence-corrected chi connectivity index (χ0v) is 13.7. The second kappa shape index (κ2) is 8.21. The molecular weight excluding hydrogens is 294 g/mol. The van der Waals surface area contributed by atoms with Gasteiger partial charge in [0.1, 0.15) is 0 Å². The van der Waals surface area contributed by atoms with Crippen LogP contribution in [0, 0.1) is 0 Å². The van der Waals surface area contributed by atoms with E-state index in [1.54, 1.807) is 13.0 Å². The van der Waals surface area contributed by atoms with Crippen molar-refractivity contribution >= 4 is 10.0 Å². The summed E-state index contributed by atoms with van der Waals surface area (Å²) in [5, 5.41) is 0. The van der Waals surface area contributed by atoms with E-state index >= 15 is 0 Å². The van der Waals surface area contributed by atoms with E-state index in [1.165, 1.54) is 19.2 Å². The predicted octanol–water partition coefficient (Wildman–Crippen LogP) is 1.80. The fraction of sp³-hybridized carbons (Fsp3) is 0.571. The smallest absolute Gasteiger partial charge is 0.240 e. The molecular formula is C14H23NO5S. The molecule has 6 nitrogen and oxygen atoms in total. The van der Waals surface area contributed by atoms with Gasteiger partial charge in [-0.25, -0.2) is 13.1 Å². The number of sulfonamides is 1. The minimum absolute atomic E-state index is 0.137. The van der Waals surface area contributed by atoms with Crippen LogP contribution in [-0.2, 0) is 14.8 Å². The molecule has 0 heterocycles. The van der Waals surface area contributed by atoms with Gasteiger partial charge in [-0.3, -0.25) is 0 Å². The lowest BCUT2D eigenvalue weighted by atomic mass is 10.3. The Morgan fingerprint density at radius 1 is 1.14 bits per heavy atom. The van der Waals surface area contributed by atoms with Crippen LogP contribution in [0.1, 0.15) is 20.8 Å². The van der Waals surface area contributed by atoms with Crippen LogP contribution in [0.15, 0.2) is 23.1 Å². The van der Waals surface area contributed by atoms with Gasteiger partial charge in [-0.05, 0) is 32.9 Å². The zero-order valence-electron chi connectivity index (χ0n) is 12.9. The highest BCUT2D eigenvalue weighted by Gasteiger charge is 2.18. The van der Waals surface area contributed by atoms with Crippen molar-refractivity contribution in [2.45, 2.75) is 31.8 Å². The fourth-order valence-electron chi connectivity index (χ4n) is 1.59. The largest absolute Gasteiger partial charge is 0.490 e. The molecule has 0 amide bonds. The quantitative estimate of drug-likeness (QED) is 0.752. The van der Waals surface area contributed by atoms with Crippen molar-refractivity contribution in [3.63, 3.8) is 0 Å². The lowest BCUT2D eigenvalue weighted by molar-refractivity contribution is 0.122. The lowest BCUT2D eigenvalue weighted by Crippen LogP contribution is -2.31. The van der Waals surface area contributed by atoms with E-state index in [-0.39, 0.29) is 17.5 Å². The number of hydrogen-bond acceptors (Lipinski definition) is 5. The highest BCUT2D eigenvalue weighted by Crippen LogP contribution is 2.30. The maximum atomic E-state index is 12.2. The van der Waals surface area contributed by atoms with Crippen LogP contribution >= 0.6 is 0 Å². The predicted molar refractivity (Wildman–Crippen MR) is 80.4 cm³/mol. The molecule has 1 atom stereocenters. The van der Waals surface area contributed by atoms with Crippen LogP contribution in [0.4, 0.5) is 0 Å². The molecule has 7 heteroatoms. The van der Waals surface area contributed by atoms with Crippen molar-refractivity contribution in [2.75, 3.05) is 26.9 Å². The minimum Gasteiger partial charge on any atom is -0.490 e. The third-order valence-corrected chi connectivity index (χ3v) is 4.21. The number of nitrogens with one attached hydrogen (secondary N) is 1. The Labute approximate surface area is 126 Å². The maximum Gasteiger partial charge on any atom is 0.240 e. The van der Waals surface area contributed by atoms with Crippen molar-refractivity contribution in [3.8, 4) is 11.5 Å². The van der Waals surface area contributed by atoms with Crippen LogP contribution in [0.3, 0.4) is 0 Å². The summed E-state index contributed by atoms with van der Waals surface area (Å²) in [6, 6.07) is 4.56. The van der Waals surface area contributed by atoms with Gasteiger partial charge >= 0.3 is 0 Å². The first kappa shape index (κ1) is 17.7. The molecule has 0 aliphatic rings. The van der Waals surface area contributed by atoms with E-state index in [0.29, 0.717) is 24.7 Å². The maximum absolute atomic E-state index is 12.2. The van der Waals surface area contributed by atoms with Gasteiger partial charge in [0.15, 0.2) is 11.5 Å². The summed E-state index contributed by atoms with van der Waals surface area (Å²) < 4.78 is 42.8. The molecule has 1 rings (SSSR count). The molecule has 0 saturated carbocycles. The van der Waals surface area contributed by atoms with Gasteiger partial charge in [-0.2, -0.15) is 0 Å². The molecule has 1 aromatic rings. The van der Waals surface area contributed by atoms with E-state index < -0.39 is 10.0 Å². The normalized spacial score (nSPS) is 13.0. The molecule has 0 spiro atoms. The topological polar surface area (TPSA) is 73.9 Å². The molecule has 1 aromatic carbocycles. The number of ether oxygens (including phenoxy) is 3. The summed E-state index contributed by atoms with van der Waals surface area (Å²) in [5.41, 5.74) is 0. The average molecular weight is 317 g/mol. The fourth-order valence-corrected chi connectivity index (χ4v) is 2.72. The molecule has 1 N–H and O–H groups in total. The molecule has 0 radical (unpaired) electrons. The van der Waals surface area contributed by atoms with Crippen molar-refractivity contribution in [1.82, 2.24) is 4.72 Å². The molecule has 0 fully saturated rings. The Morgan fingerprint density at radius 2 is 1.76 bits per heavy atom. The molecule has 0 bridgehead atoms. The highest BCUT2D eigenvalue weighted by molar-refractivity contribution is 7.89. The Hall–Kier alpha value is -1.31. The second-order valence-electron chi connectivity index (χ2n) is 4.37. The minimum atomic E-state index is -3.60. The average Bonchev–Trinajstić information content (AvgIpc) is 2.47. The van der Waals surface area contributed by atoms with Crippen LogP contribution < -0.4 is 14.2 Å². The SMILES string of the molecule is CCOc1ccc(S(=O)(=O)NCC(C)OC)cc1OCC. The van der Waals surface area contributed by atoms with E-state index in [2.05, 4.69) is 4.72 Å². The summed E-state index contributed by atoms with van der Waals surface area (Å²) in [6.45, 7) is 6.58. The van der Waals surface area contributed by atoms with E-state index in [9.17, 15) is 8.42 Å². The van der Waals surface area contributed by atoms with Crippen molar-refractivity contribution < 1.29 is 22.6 Å². The molecule has 0 aromatic heterocycles.